The van der Waals surface area contributed by atoms with Crippen LogP contribution in [0.5, 0.6) is 23.0 Å². The molecule has 2 amide bonds. The third-order valence-corrected chi connectivity index (χ3v) is 4.36. The quantitative estimate of drug-likeness (QED) is 0.529. The SMILES string of the molecule is COc1ccc(/C(C)=N/NC(=O)CNC(=O)c2ccc3c(c2)OCCO3)c(OC)c1. The molecule has 0 aliphatic carbocycles. The summed E-state index contributed by atoms with van der Waals surface area (Å²) in [7, 11) is 3.10. The third-order valence-electron chi connectivity index (χ3n) is 4.36. The number of hydrogen-bond acceptors (Lipinski definition) is 7. The Bertz CT molecular complexity index is 973. The van der Waals surface area contributed by atoms with Crippen molar-refractivity contribution in [3.63, 3.8) is 0 Å². The van der Waals surface area contributed by atoms with E-state index in [4.69, 9.17) is 18.9 Å². The van der Waals surface area contributed by atoms with Crippen molar-refractivity contribution in [1.82, 2.24) is 10.7 Å². The molecule has 30 heavy (non-hydrogen) atoms. The smallest absolute Gasteiger partial charge is 0.259 e. The Morgan fingerprint density at radius 2 is 1.80 bits per heavy atom. The van der Waals surface area contributed by atoms with Gasteiger partial charge in [-0.15, -0.1) is 0 Å². The van der Waals surface area contributed by atoms with Crippen LogP contribution in [-0.2, 0) is 4.79 Å². The number of methoxy groups -OCH3 is 2. The van der Waals surface area contributed by atoms with Crippen LogP contribution in [0.1, 0.15) is 22.8 Å². The fourth-order valence-corrected chi connectivity index (χ4v) is 2.79. The van der Waals surface area contributed by atoms with Crippen molar-refractivity contribution in [2.24, 2.45) is 5.10 Å². The van der Waals surface area contributed by atoms with Crippen molar-refractivity contribution < 1.29 is 28.5 Å². The topological polar surface area (TPSA) is 107 Å². The molecule has 0 bridgehead atoms. The zero-order valence-electron chi connectivity index (χ0n) is 17.0. The highest BCUT2D eigenvalue weighted by atomic mass is 16.6. The van der Waals surface area contributed by atoms with Crippen LogP contribution < -0.4 is 29.7 Å². The second kappa shape index (κ2) is 9.64. The zero-order chi connectivity index (χ0) is 21.5. The van der Waals surface area contributed by atoms with E-state index in [0.717, 1.165) is 0 Å². The van der Waals surface area contributed by atoms with E-state index in [-0.39, 0.29) is 6.54 Å². The first-order valence-corrected chi connectivity index (χ1v) is 9.25. The normalized spacial score (nSPS) is 12.7. The van der Waals surface area contributed by atoms with E-state index >= 15 is 0 Å². The second-order valence-electron chi connectivity index (χ2n) is 6.34. The van der Waals surface area contributed by atoms with Crippen LogP contribution in [0.2, 0.25) is 0 Å². The minimum Gasteiger partial charge on any atom is -0.497 e. The number of amides is 2. The van der Waals surface area contributed by atoms with Gasteiger partial charge in [-0.25, -0.2) is 5.43 Å². The van der Waals surface area contributed by atoms with E-state index < -0.39 is 11.8 Å². The number of hydrazone groups is 1. The minimum atomic E-state index is -0.465. The molecule has 0 saturated carbocycles. The van der Waals surface area contributed by atoms with Crippen molar-refractivity contribution in [3.8, 4) is 23.0 Å². The Hall–Kier alpha value is -3.75. The molecule has 0 spiro atoms. The van der Waals surface area contributed by atoms with Crippen molar-refractivity contribution in [2.75, 3.05) is 34.0 Å². The maximum absolute atomic E-state index is 12.3. The highest BCUT2D eigenvalue weighted by molar-refractivity contribution is 6.02. The monoisotopic (exact) mass is 413 g/mol. The molecule has 9 nitrogen and oxygen atoms in total. The molecule has 1 aliphatic rings. The first-order chi connectivity index (χ1) is 14.5. The number of fused-ring (bicyclic) bond motifs is 1. The van der Waals surface area contributed by atoms with Gasteiger partial charge >= 0.3 is 0 Å². The summed E-state index contributed by atoms with van der Waals surface area (Å²) in [6, 6.07) is 10.1. The van der Waals surface area contributed by atoms with Gasteiger partial charge in [0.1, 0.15) is 24.7 Å². The summed E-state index contributed by atoms with van der Waals surface area (Å²) in [4.78, 5) is 24.4. The number of hydrogen-bond donors (Lipinski definition) is 2. The van der Waals surface area contributed by atoms with Gasteiger partial charge < -0.3 is 24.3 Å². The lowest BCUT2D eigenvalue weighted by Crippen LogP contribution is -2.35. The Morgan fingerprint density at radius 1 is 1.03 bits per heavy atom. The maximum atomic E-state index is 12.3. The summed E-state index contributed by atoms with van der Waals surface area (Å²) in [5, 5.41) is 6.62. The Labute approximate surface area is 174 Å². The number of carbonyl (C=O) groups is 2. The lowest BCUT2D eigenvalue weighted by Gasteiger charge is -2.18. The van der Waals surface area contributed by atoms with Crippen LogP contribution in [0.4, 0.5) is 0 Å². The molecule has 0 aromatic heterocycles. The highest BCUT2D eigenvalue weighted by Crippen LogP contribution is 2.30. The van der Waals surface area contributed by atoms with E-state index in [2.05, 4.69) is 15.8 Å². The molecule has 0 unspecified atom stereocenters. The number of ether oxygens (including phenoxy) is 4. The fraction of sp³-hybridized carbons (Fsp3) is 0.286. The van der Waals surface area contributed by atoms with Gasteiger partial charge in [-0.05, 0) is 37.3 Å². The maximum Gasteiger partial charge on any atom is 0.259 e. The van der Waals surface area contributed by atoms with Crippen LogP contribution in [-0.4, -0.2) is 51.5 Å². The Kier molecular flexibility index (Phi) is 6.74. The van der Waals surface area contributed by atoms with Crippen LogP contribution in [0.25, 0.3) is 0 Å². The van der Waals surface area contributed by atoms with E-state index in [1.807, 2.05) is 0 Å². The summed E-state index contributed by atoms with van der Waals surface area (Å²) in [5.41, 5.74) is 4.04. The third kappa shape index (κ3) is 4.99. The highest BCUT2D eigenvalue weighted by Gasteiger charge is 2.15. The largest absolute Gasteiger partial charge is 0.497 e. The summed E-state index contributed by atoms with van der Waals surface area (Å²) >= 11 is 0. The number of nitrogens with zero attached hydrogens (tertiary/aromatic N) is 1. The van der Waals surface area contributed by atoms with E-state index in [0.29, 0.717) is 53.1 Å². The summed E-state index contributed by atoms with van der Waals surface area (Å²) in [5.74, 6) is 1.44. The molecule has 2 N–H and O–H groups in total. The summed E-state index contributed by atoms with van der Waals surface area (Å²) in [6.07, 6.45) is 0. The van der Waals surface area contributed by atoms with Crippen molar-refractivity contribution in [2.45, 2.75) is 6.92 Å². The molecule has 1 heterocycles. The van der Waals surface area contributed by atoms with Crippen LogP contribution in [0, 0.1) is 0 Å². The van der Waals surface area contributed by atoms with Crippen molar-refractivity contribution in [1.29, 1.82) is 0 Å². The predicted octanol–water partition coefficient (Wildman–Crippen LogP) is 1.75. The molecule has 0 atom stereocenters. The van der Waals surface area contributed by atoms with Gasteiger partial charge in [-0.2, -0.15) is 5.10 Å². The van der Waals surface area contributed by atoms with E-state index in [1.54, 1.807) is 50.4 Å². The molecule has 0 radical (unpaired) electrons. The molecule has 0 fully saturated rings. The number of rotatable bonds is 7. The molecule has 3 rings (SSSR count). The number of benzene rings is 2. The van der Waals surface area contributed by atoms with E-state index in [1.165, 1.54) is 7.11 Å². The molecule has 2 aromatic rings. The average Bonchev–Trinajstić information content (AvgIpc) is 2.80. The predicted molar refractivity (Wildman–Crippen MR) is 110 cm³/mol. The second-order valence-corrected chi connectivity index (χ2v) is 6.34. The summed E-state index contributed by atoms with van der Waals surface area (Å²) < 4.78 is 21.4. The zero-order valence-corrected chi connectivity index (χ0v) is 17.0. The first-order valence-electron chi connectivity index (χ1n) is 9.25. The van der Waals surface area contributed by atoms with Crippen LogP contribution in [0.3, 0.4) is 0 Å². The van der Waals surface area contributed by atoms with Crippen LogP contribution in [0.15, 0.2) is 41.5 Å². The van der Waals surface area contributed by atoms with Gasteiger partial charge in [0.05, 0.1) is 26.5 Å². The van der Waals surface area contributed by atoms with Gasteiger partial charge in [0.15, 0.2) is 11.5 Å². The van der Waals surface area contributed by atoms with Crippen LogP contribution >= 0.6 is 0 Å². The number of nitrogens with one attached hydrogen (secondary N) is 2. The lowest BCUT2D eigenvalue weighted by molar-refractivity contribution is -0.120. The van der Waals surface area contributed by atoms with E-state index in [9.17, 15) is 9.59 Å². The fourth-order valence-electron chi connectivity index (χ4n) is 2.79. The molecule has 9 heteroatoms. The number of carbonyl (C=O) groups excluding carboxylic acids is 2. The van der Waals surface area contributed by atoms with Gasteiger partial charge in [0.2, 0.25) is 0 Å². The lowest BCUT2D eigenvalue weighted by atomic mass is 10.1. The molecule has 158 valence electrons. The van der Waals surface area contributed by atoms with Crippen molar-refractivity contribution in [3.05, 3.63) is 47.5 Å². The molecule has 0 saturated heterocycles. The Balaban J connectivity index is 1.56. The molecular formula is C21H23N3O6. The average molecular weight is 413 g/mol. The van der Waals surface area contributed by atoms with Crippen molar-refractivity contribution >= 4 is 17.5 Å². The van der Waals surface area contributed by atoms with Gasteiger partial charge in [-0.3, -0.25) is 9.59 Å². The summed E-state index contributed by atoms with van der Waals surface area (Å²) in [6.45, 7) is 2.40. The standard InChI is InChI=1S/C21H23N3O6/c1-13(16-6-5-15(27-2)11-18(16)28-3)23-24-20(25)12-22-21(26)14-4-7-17-19(10-14)30-9-8-29-17/h4-7,10-11H,8-9,12H2,1-3H3,(H,22,26)(H,24,25)/b23-13+. The minimum absolute atomic E-state index is 0.232. The first kappa shape index (κ1) is 21.0. The Morgan fingerprint density at radius 3 is 2.53 bits per heavy atom. The molecular weight excluding hydrogens is 390 g/mol. The van der Waals surface area contributed by atoms with Gasteiger partial charge in [-0.1, -0.05) is 0 Å². The van der Waals surface area contributed by atoms with Gasteiger partial charge in [0, 0.05) is 17.2 Å². The van der Waals surface area contributed by atoms with Gasteiger partial charge in [0.25, 0.3) is 11.8 Å². The molecule has 1 aliphatic heterocycles. The molecule has 2 aromatic carbocycles.